The zero-order chi connectivity index (χ0) is 17.9. The first-order valence-corrected chi connectivity index (χ1v) is 8.31. The van der Waals surface area contributed by atoms with Crippen molar-refractivity contribution in [1.29, 1.82) is 0 Å². The van der Waals surface area contributed by atoms with Crippen molar-refractivity contribution in [2.24, 2.45) is 5.92 Å². The van der Waals surface area contributed by atoms with E-state index in [1.165, 1.54) is 0 Å². The van der Waals surface area contributed by atoms with Gasteiger partial charge >= 0.3 is 0 Å². The van der Waals surface area contributed by atoms with Crippen LogP contribution in [0.2, 0.25) is 0 Å². The van der Waals surface area contributed by atoms with Crippen molar-refractivity contribution in [3.8, 4) is 11.8 Å². The maximum absolute atomic E-state index is 12.0. The number of pyridine rings is 2. The minimum absolute atomic E-state index is 0.0203. The highest BCUT2D eigenvalue weighted by molar-refractivity contribution is 5.99. The number of anilines is 2. The third-order valence-electron chi connectivity index (χ3n) is 4.11. The summed E-state index contributed by atoms with van der Waals surface area (Å²) in [6.45, 7) is 0. The molecule has 1 aliphatic rings. The van der Waals surface area contributed by atoms with E-state index in [1.54, 1.807) is 37.8 Å². The highest BCUT2D eigenvalue weighted by Crippen LogP contribution is 2.31. The van der Waals surface area contributed by atoms with Gasteiger partial charge in [0.1, 0.15) is 17.3 Å². The molecule has 0 spiro atoms. The van der Waals surface area contributed by atoms with Crippen molar-refractivity contribution < 1.29 is 4.79 Å². The number of carbonyl (C=O) groups is 1. The summed E-state index contributed by atoms with van der Waals surface area (Å²) in [6, 6.07) is 5.41. The predicted octanol–water partition coefficient (Wildman–Crippen LogP) is 2.21. The number of nitrogens with zero attached hydrogens (tertiary/aromatic N) is 4. The van der Waals surface area contributed by atoms with Crippen LogP contribution in [-0.4, -0.2) is 33.1 Å². The molecule has 3 heterocycles. The molecule has 0 atom stereocenters. The average Bonchev–Trinajstić information content (AvgIpc) is 3.52. The Morgan fingerprint density at radius 1 is 1.19 bits per heavy atom. The van der Waals surface area contributed by atoms with Crippen LogP contribution in [0.15, 0.2) is 36.8 Å². The number of hydrogen-bond donors (Lipinski definition) is 2. The van der Waals surface area contributed by atoms with E-state index >= 15 is 0 Å². The quantitative estimate of drug-likeness (QED) is 0.708. The molecular weight excluding hydrogens is 328 g/mol. The van der Waals surface area contributed by atoms with E-state index in [4.69, 9.17) is 0 Å². The maximum Gasteiger partial charge on any atom is 0.228 e. The molecule has 0 bridgehead atoms. The number of hydrogen-bond acceptors (Lipinski definition) is 6. The molecule has 3 aromatic rings. The van der Waals surface area contributed by atoms with Gasteiger partial charge in [-0.1, -0.05) is 5.92 Å². The number of nitrogens with one attached hydrogen (secondary N) is 2. The Labute approximate surface area is 150 Å². The van der Waals surface area contributed by atoms with Crippen LogP contribution in [-0.2, 0) is 4.79 Å². The summed E-state index contributed by atoms with van der Waals surface area (Å²) >= 11 is 0. The van der Waals surface area contributed by atoms with Crippen molar-refractivity contribution in [3.05, 3.63) is 48.0 Å². The number of carbonyl (C=O) groups excluding carboxylic acids is 1. The van der Waals surface area contributed by atoms with E-state index in [0.717, 1.165) is 29.2 Å². The molecule has 3 aromatic heterocycles. The molecule has 1 saturated carbocycles. The molecule has 128 valence electrons. The SMILES string of the molecule is CNc1ncc(C#Cc2cccnn2)c2cc(NC(=O)C3CC3)ncc12. The summed E-state index contributed by atoms with van der Waals surface area (Å²) in [5.74, 6) is 7.44. The van der Waals surface area contributed by atoms with Crippen LogP contribution in [0.3, 0.4) is 0 Å². The standard InChI is InChI=1S/C19H16N6O/c1-20-18-16-11-21-17(24-19(26)12-4-5-12)9-15(16)13(10-22-18)6-7-14-3-2-8-23-25-14/h2-3,8-12H,4-5H2,1H3,(H,20,22)(H,21,24,26). The second-order valence-electron chi connectivity index (χ2n) is 6.01. The van der Waals surface area contributed by atoms with E-state index in [9.17, 15) is 4.79 Å². The molecule has 4 rings (SSSR count). The lowest BCUT2D eigenvalue weighted by molar-refractivity contribution is -0.117. The Morgan fingerprint density at radius 2 is 2.08 bits per heavy atom. The van der Waals surface area contributed by atoms with Crippen LogP contribution in [0.5, 0.6) is 0 Å². The highest BCUT2D eigenvalue weighted by Gasteiger charge is 2.29. The van der Waals surface area contributed by atoms with Gasteiger partial charge in [-0.05, 0) is 37.0 Å². The molecule has 7 heteroatoms. The summed E-state index contributed by atoms with van der Waals surface area (Å²) in [7, 11) is 1.80. The first kappa shape index (κ1) is 16.0. The van der Waals surface area contributed by atoms with Crippen LogP contribution in [0.4, 0.5) is 11.6 Å². The lowest BCUT2D eigenvalue weighted by Crippen LogP contribution is -2.14. The van der Waals surface area contributed by atoms with Crippen LogP contribution in [0, 0.1) is 17.8 Å². The molecule has 0 radical (unpaired) electrons. The molecule has 0 aromatic carbocycles. The molecule has 0 saturated heterocycles. The summed E-state index contributed by atoms with van der Waals surface area (Å²) < 4.78 is 0. The van der Waals surface area contributed by atoms with Gasteiger partial charge in [-0.15, -0.1) is 5.10 Å². The van der Waals surface area contributed by atoms with Gasteiger partial charge in [0.25, 0.3) is 0 Å². The summed E-state index contributed by atoms with van der Waals surface area (Å²) in [4.78, 5) is 20.7. The third kappa shape index (κ3) is 3.30. The monoisotopic (exact) mass is 344 g/mol. The minimum atomic E-state index is 0.0203. The Bertz CT molecular complexity index is 1030. The van der Waals surface area contributed by atoms with E-state index < -0.39 is 0 Å². The Morgan fingerprint density at radius 3 is 2.81 bits per heavy atom. The number of aromatic nitrogens is 4. The van der Waals surface area contributed by atoms with Crippen molar-refractivity contribution in [3.63, 3.8) is 0 Å². The molecule has 1 fully saturated rings. The Kier molecular flexibility index (Phi) is 4.15. The van der Waals surface area contributed by atoms with Gasteiger partial charge < -0.3 is 10.6 Å². The largest absolute Gasteiger partial charge is 0.373 e. The fourth-order valence-corrected chi connectivity index (χ4v) is 2.58. The van der Waals surface area contributed by atoms with Crippen molar-refractivity contribution in [1.82, 2.24) is 20.2 Å². The zero-order valence-electron chi connectivity index (χ0n) is 14.2. The minimum Gasteiger partial charge on any atom is -0.373 e. The van der Waals surface area contributed by atoms with Crippen molar-refractivity contribution in [2.75, 3.05) is 17.7 Å². The molecule has 0 unspecified atom stereocenters. The molecular formula is C19H16N6O. The van der Waals surface area contributed by atoms with Gasteiger partial charge in [-0.3, -0.25) is 4.79 Å². The highest BCUT2D eigenvalue weighted by atomic mass is 16.2. The van der Waals surface area contributed by atoms with Gasteiger partial charge in [-0.2, -0.15) is 5.10 Å². The average molecular weight is 344 g/mol. The molecule has 7 nitrogen and oxygen atoms in total. The third-order valence-corrected chi connectivity index (χ3v) is 4.11. The smallest absolute Gasteiger partial charge is 0.228 e. The van der Waals surface area contributed by atoms with Gasteiger partial charge in [0.05, 0.1) is 5.56 Å². The Hall–Kier alpha value is -3.53. The summed E-state index contributed by atoms with van der Waals surface area (Å²) in [5.41, 5.74) is 1.31. The number of rotatable bonds is 3. The van der Waals surface area contributed by atoms with Crippen LogP contribution >= 0.6 is 0 Å². The van der Waals surface area contributed by atoms with Gasteiger partial charge in [-0.25, -0.2) is 9.97 Å². The van der Waals surface area contributed by atoms with E-state index in [-0.39, 0.29) is 11.8 Å². The van der Waals surface area contributed by atoms with E-state index in [1.807, 2.05) is 6.07 Å². The lowest BCUT2D eigenvalue weighted by Gasteiger charge is -2.09. The Balaban J connectivity index is 1.76. The number of fused-ring (bicyclic) bond motifs is 1. The van der Waals surface area contributed by atoms with Crippen molar-refractivity contribution in [2.45, 2.75) is 12.8 Å². The maximum atomic E-state index is 12.0. The van der Waals surface area contributed by atoms with Crippen LogP contribution < -0.4 is 10.6 Å². The zero-order valence-corrected chi connectivity index (χ0v) is 14.2. The van der Waals surface area contributed by atoms with Gasteiger partial charge in [0.15, 0.2) is 0 Å². The molecule has 2 N–H and O–H groups in total. The molecule has 26 heavy (non-hydrogen) atoms. The van der Waals surface area contributed by atoms with Crippen molar-refractivity contribution >= 4 is 28.3 Å². The van der Waals surface area contributed by atoms with Gasteiger partial charge in [0.2, 0.25) is 5.91 Å². The molecule has 0 aliphatic heterocycles. The summed E-state index contributed by atoms with van der Waals surface area (Å²) in [5, 5.41) is 15.4. The topological polar surface area (TPSA) is 92.7 Å². The lowest BCUT2D eigenvalue weighted by atomic mass is 10.1. The normalized spacial score (nSPS) is 13.0. The molecule has 1 aliphatic carbocycles. The van der Waals surface area contributed by atoms with E-state index in [2.05, 4.69) is 42.6 Å². The first-order valence-electron chi connectivity index (χ1n) is 8.31. The van der Waals surface area contributed by atoms with Crippen LogP contribution in [0.25, 0.3) is 10.8 Å². The molecule has 1 amide bonds. The fourth-order valence-electron chi connectivity index (χ4n) is 2.58. The second-order valence-corrected chi connectivity index (χ2v) is 6.01. The van der Waals surface area contributed by atoms with E-state index in [0.29, 0.717) is 17.3 Å². The summed E-state index contributed by atoms with van der Waals surface area (Å²) in [6.07, 6.45) is 6.89. The number of amides is 1. The predicted molar refractivity (Wildman–Crippen MR) is 98.5 cm³/mol. The fraction of sp³-hybridized carbons (Fsp3) is 0.211. The first-order chi connectivity index (χ1) is 12.7. The van der Waals surface area contributed by atoms with Gasteiger partial charge in [0, 0.05) is 42.3 Å². The second kappa shape index (κ2) is 6.76. The van der Waals surface area contributed by atoms with Crippen LogP contribution in [0.1, 0.15) is 24.1 Å².